The van der Waals surface area contributed by atoms with Gasteiger partial charge in [0.1, 0.15) is 5.75 Å². The Morgan fingerprint density at radius 3 is 2.85 bits per heavy atom. The largest absolute Gasteiger partial charge is 0.471 e. The molecule has 0 atom stereocenters. The molecule has 0 fully saturated rings. The highest BCUT2D eigenvalue weighted by Crippen LogP contribution is 2.18. The van der Waals surface area contributed by atoms with Gasteiger partial charge in [-0.1, -0.05) is 47.5 Å². The summed E-state index contributed by atoms with van der Waals surface area (Å²) in [5.74, 6) is 0.362. The van der Waals surface area contributed by atoms with Gasteiger partial charge < -0.3 is 10.1 Å². The first-order valence-corrected chi connectivity index (χ1v) is 8.50. The number of nitrogens with zero attached hydrogens (tertiary/aromatic N) is 2. The zero-order valence-electron chi connectivity index (χ0n) is 13.6. The summed E-state index contributed by atoms with van der Waals surface area (Å²) in [6.45, 7) is 0.200. The summed E-state index contributed by atoms with van der Waals surface area (Å²) < 4.78 is 7.15. The standard InChI is InChI=1S/C19H15Cl2N3O2/c20-15-5-3-6-17(10-15)26-13-24-12-16(11-22-24)23-19(25)9-8-14-4-1-2-7-18(14)21/h1-12H,13H2,(H,23,25)/b9-8+. The molecule has 7 heteroatoms. The maximum atomic E-state index is 12.0. The summed E-state index contributed by atoms with van der Waals surface area (Å²) >= 11 is 12.0. The Bertz CT molecular complexity index is 938. The molecular formula is C19H15Cl2N3O2. The maximum Gasteiger partial charge on any atom is 0.248 e. The van der Waals surface area contributed by atoms with Crippen LogP contribution in [0, 0.1) is 0 Å². The van der Waals surface area contributed by atoms with E-state index in [-0.39, 0.29) is 12.6 Å². The maximum absolute atomic E-state index is 12.0. The minimum Gasteiger partial charge on any atom is -0.471 e. The van der Waals surface area contributed by atoms with Gasteiger partial charge in [0.2, 0.25) is 5.91 Å². The lowest BCUT2D eigenvalue weighted by atomic mass is 10.2. The third-order valence-electron chi connectivity index (χ3n) is 3.38. The lowest BCUT2D eigenvalue weighted by Crippen LogP contribution is -2.08. The minimum absolute atomic E-state index is 0.200. The molecule has 0 aliphatic rings. The van der Waals surface area contributed by atoms with Crippen molar-refractivity contribution in [2.45, 2.75) is 6.73 Å². The summed E-state index contributed by atoms with van der Waals surface area (Å²) in [6, 6.07) is 14.4. The lowest BCUT2D eigenvalue weighted by molar-refractivity contribution is -0.111. The average molecular weight is 388 g/mol. The molecule has 132 valence electrons. The number of carbonyl (C=O) groups excluding carboxylic acids is 1. The van der Waals surface area contributed by atoms with Crippen molar-refractivity contribution in [2.24, 2.45) is 0 Å². The van der Waals surface area contributed by atoms with Crippen molar-refractivity contribution in [1.29, 1.82) is 0 Å². The summed E-state index contributed by atoms with van der Waals surface area (Å²) in [4.78, 5) is 12.0. The van der Waals surface area contributed by atoms with Crippen LogP contribution in [-0.2, 0) is 11.5 Å². The number of ether oxygens (including phenoxy) is 1. The number of rotatable bonds is 6. The van der Waals surface area contributed by atoms with Crippen LogP contribution in [0.4, 0.5) is 5.69 Å². The molecule has 0 spiro atoms. The van der Waals surface area contributed by atoms with E-state index < -0.39 is 0 Å². The first-order chi connectivity index (χ1) is 12.6. The van der Waals surface area contributed by atoms with Gasteiger partial charge in [-0.15, -0.1) is 0 Å². The van der Waals surface area contributed by atoms with Crippen LogP contribution in [-0.4, -0.2) is 15.7 Å². The molecule has 1 aromatic heterocycles. The zero-order valence-corrected chi connectivity index (χ0v) is 15.1. The van der Waals surface area contributed by atoms with Gasteiger partial charge in [0, 0.05) is 16.1 Å². The Balaban J connectivity index is 1.54. The number of benzene rings is 2. The third kappa shape index (κ3) is 5.12. The number of anilines is 1. The van der Waals surface area contributed by atoms with Crippen molar-refractivity contribution in [2.75, 3.05) is 5.32 Å². The van der Waals surface area contributed by atoms with Crippen LogP contribution >= 0.6 is 23.2 Å². The topological polar surface area (TPSA) is 56.2 Å². The molecule has 2 aromatic carbocycles. The Labute approximate surface area is 160 Å². The van der Waals surface area contributed by atoms with Crippen molar-refractivity contribution in [3.63, 3.8) is 0 Å². The van der Waals surface area contributed by atoms with Crippen molar-refractivity contribution in [1.82, 2.24) is 9.78 Å². The molecule has 3 rings (SSSR count). The molecule has 26 heavy (non-hydrogen) atoms. The molecule has 3 aromatic rings. The van der Waals surface area contributed by atoms with Gasteiger partial charge in [-0.2, -0.15) is 5.10 Å². The number of halogens is 2. The van der Waals surface area contributed by atoms with Crippen LogP contribution in [0.25, 0.3) is 6.08 Å². The number of amides is 1. The van der Waals surface area contributed by atoms with Crippen LogP contribution in [0.2, 0.25) is 10.0 Å². The van der Waals surface area contributed by atoms with E-state index in [9.17, 15) is 4.79 Å². The van der Waals surface area contributed by atoms with E-state index in [2.05, 4.69) is 10.4 Å². The molecule has 1 N–H and O–H groups in total. The van der Waals surface area contributed by atoms with Crippen molar-refractivity contribution in [3.05, 3.63) is 82.6 Å². The van der Waals surface area contributed by atoms with E-state index in [1.807, 2.05) is 18.2 Å². The molecule has 1 heterocycles. The van der Waals surface area contributed by atoms with Gasteiger partial charge in [0.25, 0.3) is 0 Å². The Kier molecular flexibility index (Phi) is 5.94. The fraction of sp³-hybridized carbons (Fsp3) is 0.0526. The van der Waals surface area contributed by atoms with Gasteiger partial charge in [0.05, 0.1) is 18.1 Å². The second-order valence-electron chi connectivity index (χ2n) is 5.34. The number of carbonyl (C=O) groups is 1. The second kappa shape index (κ2) is 8.56. The first-order valence-electron chi connectivity index (χ1n) is 7.74. The van der Waals surface area contributed by atoms with E-state index in [0.29, 0.717) is 21.5 Å². The van der Waals surface area contributed by atoms with E-state index in [1.165, 1.54) is 6.08 Å². The number of hydrogen-bond acceptors (Lipinski definition) is 3. The third-order valence-corrected chi connectivity index (χ3v) is 3.96. The van der Waals surface area contributed by atoms with Crippen molar-refractivity contribution in [3.8, 4) is 5.75 Å². The summed E-state index contributed by atoms with van der Waals surface area (Å²) in [7, 11) is 0. The highest BCUT2D eigenvalue weighted by molar-refractivity contribution is 6.32. The fourth-order valence-corrected chi connectivity index (χ4v) is 2.53. The van der Waals surface area contributed by atoms with Gasteiger partial charge in [-0.25, -0.2) is 4.68 Å². The van der Waals surface area contributed by atoms with Gasteiger partial charge in [-0.3, -0.25) is 4.79 Å². The molecule has 0 unspecified atom stereocenters. The molecular weight excluding hydrogens is 373 g/mol. The SMILES string of the molecule is O=C(/C=C/c1ccccc1Cl)Nc1cnn(COc2cccc(Cl)c2)c1. The normalized spacial score (nSPS) is 10.8. The molecule has 0 aliphatic heterocycles. The molecule has 5 nitrogen and oxygen atoms in total. The smallest absolute Gasteiger partial charge is 0.248 e. The molecule has 0 saturated heterocycles. The monoisotopic (exact) mass is 387 g/mol. The van der Waals surface area contributed by atoms with E-state index >= 15 is 0 Å². The van der Waals surface area contributed by atoms with Crippen LogP contribution < -0.4 is 10.1 Å². The number of nitrogens with one attached hydrogen (secondary N) is 1. The lowest BCUT2D eigenvalue weighted by Gasteiger charge is -2.06. The fourth-order valence-electron chi connectivity index (χ4n) is 2.16. The second-order valence-corrected chi connectivity index (χ2v) is 6.19. The highest BCUT2D eigenvalue weighted by atomic mass is 35.5. The molecule has 0 aliphatic carbocycles. The summed E-state index contributed by atoms with van der Waals surface area (Å²) in [6.07, 6.45) is 6.29. The minimum atomic E-state index is -0.278. The van der Waals surface area contributed by atoms with E-state index in [4.69, 9.17) is 27.9 Å². The predicted octanol–water partition coefficient (Wildman–Crippen LogP) is 4.88. The van der Waals surface area contributed by atoms with Crippen LogP contribution in [0.5, 0.6) is 5.75 Å². The molecule has 0 radical (unpaired) electrons. The Hall–Kier alpha value is -2.76. The van der Waals surface area contributed by atoms with E-state index in [1.54, 1.807) is 53.5 Å². The van der Waals surface area contributed by atoms with Gasteiger partial charge in [-0.05, 0) is 35.9 Å². The zero-order chi connectivity index (χ0) is 18.4. The van der Waals surface area contributed by atoms with Crippen molar-refractivity contribution >= 4 is 40.9 Å². The highest BCUT2D eigenvalue weighted by Gasteiger charge is 2.03. The average Bonchev–Trinajstić information content (AvgIpc) is 3.07. The Morgan fingerprint density at radius 2 is 2.04 bits per heavy atom. The van der Waals surface area contributed by atoms with E-state index in [0.717, 1.165) is 5.56 Å². The van der Waals surface area contributed by atoms with Crippen LogP contribution in [0.1, 0.15) is 5.56 Å². The summed E-state index contributed by atoms with van der Waals surface area (Å²) in [5.41, 5.74) is 1.34. The summed E-state index contributed by atoms with van der Waals surface area (Å²) in [5, 5.41) is 8.05. The van der Waals surface area contributed by atoms with Gasteiger partial charge >= 0.3 is 0 Å². The first kappa shape index (κ1) is 18.0. The Morgan fingerprint density at radius 1 is 1.19 bits per heavy atom. The molecule has 1 amide bonds. The quantitative estimate of drug-likeness (QED) is 0.613. The molecule has 0 saturated carbocycles. The van der Waals surface area contributed by atoms with Crippen LogP contribution in [0.3, 0.4) is 0 Å². The van der Waals surface area contributed by atoms with Gasteiger partial charge in [0.15, 0.2) is 6.73 Å². The number of aromatic nitrogens is 2. The predicted molar refractivity (Wildman–Crippen MR) is 103 cm³/mol. The number of hydrogen-bond donors (Lipinski definition) is 1. The van der Waals surface area contributed by atoms with Crippen LogP contribution in [0.15, 0.2) is 67.0 Å². The molecule has 0 bridgehead atoms. The van der Waals surface area contributed by atoms with Crippen molar-refractivity contribution < 1.29 is 9.53 Å².